The van der Waals surface area contributed by atoms with Gasteiger partial charge in [0, 0.05) is 44.3 Å². The highest BCUT2D eigenvalue weighted by molar-refractivity contribution is 8.03. The van der Waals surface area contributed by atoms with Crippen molar-refractivity contribution in [2.75, 3.05) is 0 Å². The van der Waals surface area contributed by atoms with Crippen LogP contribution in [0.1, 0.15) is 125 Å². The first-order valence-electron chi connectivity index (χ1n) is 18.0. The second-order valence-corrected chi connectivity index (χ2v) is 17.9. The van der Waals surface area contributed by atoms with E-state index < -0.39 is 0 Å². The minimum absolute atomic E-state index is 0.0666. The van der Waals surface area contributed by atoms with E-state index in [1.807, 2.05) is 84.2 Å². The number of rotatable bonds is 6. The van der Waals surface area contributed by atoms with Crippen molar-refractivity contribution in [3.05, 3.63) is 129 Å². The quantitative estimate of drug-likeness (QED) is 0.196. The molecule has 0 bridgehead atoms. The van der Waals surface area contributed by atoms with E-state index in [4.69, 9.17) is 0 Å². The van der Waals surface area contributed by atoms with Crippen molar-refractivity contribution in [1.82, 2.24) is 0 Å². The fraction of sp³-hybridized carbons (Fsp3) is 0.391. The molecular weight excluding hydrogens is 649 g/mol. The third-order valence-electron chi connectivity index (χ3n) is 9.39. The Morgan fingerprint density at radius 3 is 1.28 bits per heavy atom. The zero-order chi connectivity index (χ0) is 35.7. The summed E-state index contributed by atoms with van der Waals surface area (Å²) in [5.41, 5.74) is 7.43. The lowest BCUT2D eigenvalue weighted by atomic mass is 9.85. The molecule has 50 heavy (non-hydrogen) atoms. The molecule has 0 aliphatic heterocycles. The average molecular weight is 701 g/mol. The monoisotopic (exact) mass is 700 g/mol. The molecule has 0 radical (unpaired) electrons. The van der Waals surface area contributed by atoms with E-state index in [0.717, 1.165) is 46.6 Å². The third kappa shape index (κ3) is 10.4. The highest BCUT2D eigenvalue weighted by atomic mass is 32.2. The lowest BCUT2D eigenvalue weighted by molar-refractivity contribution is 0.466. The standard InChI is InChI=1S/C46H52O2S2/c1-45(2,3)39-27-35(25-23-33-17-11-9-12-18-33)43(47)37(29-39)31-49-41-21-15-7-8-16-22-42(41)50-32-38-30-40(46(4,5)6)28-36(44(38)48)26-24-34-19-13-10-14-20-34/h9-14,17-20,27-30,41-42,47-48H,7-8,15-16,21-22,31-32H2,1-6H3. The van der Waals surface area contributed by atoms with Crippen molar-refractivity contribution in [3.8, 4) is 35.2 Å². The summed E-state index contributed by atoms with van der Waals surface area (Å²) in [6.45, 7) is 13.3. The Bertz CT molecular complexity index is 1720. The fourth-order valence-electron chi connectivity index (χ4n) is 6.18. The molecule has 260 valence electrons. The molecule has 1 aliphatic carbocycles. The molecule has 2 nitrogen and oxygen atoms in total. The summed E-state index contributed by atoms with van der Waals surface area (Å²) in [6.07, 6.45) is 7.31. The number of hydrogen-bond acceptors (Lipinski definition) is 4. The molecule has 5 rings (SSSR count). The lowest BCUT2D eigenvalue weighted by Crippen LogP contribution is -2.22. The van der Waals surface area contributed by atoms with Gasteiger partial charge in [-0.05, 0) is 71.2 Å². The predicted molar refractivity (Wildman–Crippen MR) is 216 cm³/mol. The fourth-order valence-corrected chi connectivity index (χ4v) is 9.25. The zero-order valence-corrected chi connectivity index (χ0v) is 32.2. The summed E-state index contributed by atoms with van der Waals surface area (Å²) < 4.78 is 0. The molecule has 2 N–H and O–H groups in total. The molecule has 0 spiro atoms. The first-order valence-corrected chi connectivity index (χ1v) is 20.1. The van der Waals surface area contributed by atoms with Crippen LogP contribution < -0.4 is 0 Å². The van der Waals surface area contributed by atoms with Crippen LogP contribution in [-0.2, 0) is 22.3 Å². The molecule has 2 atom stereocenters. The topological polar surface area (TPSA) is 40.5 Å². The van der Waals surface area contributed by atoms with Crippen LogP contribution in [0, 0.1) is 23.7 Å². The maximum absolute atomic E-state index is 11.5. The summed E-state index contributed by atoms with van der Waals surface area (Å²) in [5.74, 6) is 15.2. The minimum Gasteiger partial charge on any atom is -0.506 e. The summed E-state index contributed by atoms with van der Waals surface area (Å²) >= 11 is 3.96. The molecule has 2 unspecified atom stereocenters. The maximum Gasteiger partial charge on any atom is 0.135 e. The number of aromatic hydroxyl groups is 2. The van der Waals surface area contributed by atoms with Gasteiger partial charge >= 0.3 is 0 Å². The van der Waals surface area contributed by atoms with E-state index in [-0.39, 0.29) is 10.8 Å². The van der Waals surface area contributed by atoms with Crippen LogP contribution in [0.4, 0.5) is 0 Å². The number of benzene rings is 4. The number of thioether (sulfide) groups is 2. The van der Waals surface area contributed by atoms with Crippen molar-refractivity contribution in [1.29, 1.82) is 0 Å². The third-order valence-corrected chi connectivity index (χ3v) is 12.5. The highest BCUT2D eigenvalue weighted by Gasteiger charge is 2.27. The van der Waals surface area contributed by atoms with Crippen molar-refractivity contribution < 1.29 is 10.2 Å². The number of phenols is 2. The van der Waals surface area contributed by atoms with Crippen LogP contribution in [-0.4, -0.2) is 20.7 Å². The molecule has 4 aromatic carbocycles. The van der Waals surface area contributed by atoms with Gasteiger partial charge < -0.3 is 10.2 Å². The second kappa shape index (κ2) is 17.0. The molecule has 4 heteroatoms. The van der Waals surface area contributed by atoms with Crippen LogP contribution in [0.2, 0.25) is 0 Å². The van der Waals surface area contributed by atoms with Gasteiger partial charge in [-0.25, -0.2) is 0 Å². The Labute approximate surface area is 309 Å². The molecule has 1 aliphatic rings. The van der Waals surface area contributed by atoms with Gasteiger partial charge in [-0.3, -0.25) is 0 Å². The van der Waals surface area contributed by atoms with E-state index in [1.54, 1.807) is 0 Å². The Morgan fingerprint density at radius 2 is 0.920 bits per heavy atom. The largest absolute Gasteiger partial charge is 0.506 e. The Morgan fingerprint density at radius 1 is 0.540 bits per heavy atom. The minimum atomic E-state index is -0.0666. The predicted octanol–water partition coefficient (Wildman–Crippen LogP) is 11.8. The van der Waals surface area contributed by atoms with Gasteiger partial charge in [0.1, 0.15) is 11.5 Å². The average Bonchev–Trinajstić information content (AvgIpc) is 3.07. The van der Waals surface area contributed by atoms with Crippen molar-refractivity contribution in [2.45, 2.75) is 113 Å². The van der Waals surface area contributed by atoms with E-state index in [9.17, 15) is 10.2 Å². The van der Waals surface area contributed by atoms with Crippen LogP contribution in [0.15, 0.2) is 84.9 Å². The van der Waals surface area contributed by atoms with E-state index in [1.165, 1.54) is 36.8 Å². The molecule has 4 aromatic rings. The Hall–Kier alpha value is -3.70. The van der Waals surface area contributed by atoms with Gasteiger partial charge in [-0.1, -0.05) is 139 Å². The number of phenolic OH excluding ortho intramolecular Hbond substituents is 2. The molecule has 0 saturated heterocycles. The Kier molecular flexibility index (Phi) is 12.8. The second-order valence-electron chi connectivity index (χ2n) is 15.5. The SMILES string of the molecule is CC(C)(C)c1cc(C#Cc2ccccc2)c(O)c(CSC2CCCCCCC2SCc2cc(C(C)(C)C)cc(C#Cc3ccccc3)c2O)c1. The molecule has 0 heterocycles. The summed E-state index contributed by atoms with van der Waals surface area (Å²) in [7, 11) is 0. The summed E-state index contributed by atoms with van der Waals surface area (Å²) in [4.78, 5) is 0. The van der Waals surface area contributed by atoms with Gasteiger partial charge in [0.2, 0.25) is 0 Å². The van der Waals surface area contributed by atoms with Gasteiger partial charge in [0.15, 0.2) is 0 Å². The van der Waals surface area contributed by atoms with Crippen LogP contribution >= 0.6 is 23.5 Å². The lowest BCUT2D eigenvalue weighted by Gasteiger charge is -2.29. The van der Waals surface area contributed by atoms with Crippen molar-refractivity contribution in [2.24, 2.45) is 0 Å². The van der Waals surface area contributed by atoms with Gasteiger partial charge in [-0.15, -0.1) is 0 Å². The molecule has 0 amide bonds. The van der Waals surface area contributed by atoms with Crippen LogP contribution in [0.3, 0.4) is 0 Å². The van der Waals surface area contributed by atoms with E-state index in [2.05, 4.69) is 89.5 Å². The van der Waals surface area contributed by atoms with E-state index >= 15 is 0 Å². The first-order chi connectivity index (χ1) is 23.9. The molecule has 1 fully saturated rings. The van der Waals surface area contributed by atoms with Crippen molar-refractivity contribution in [3.63, 3.8) is 0 Å². The van der Waals surface area contributed by atoms with Crippen LogP contribution in [0.5, 0.6) is 11.5 Å². The maximum atomic E-state index is 11.5. The highest BCUT2D eigenvalue weighted by Crippen LogP contribution is 2.41. The Balaban J connectivity index is 1.39. The van der Waals surface area contributed by atoms with Crippen LogP contribution in [0.25, 0.3) is 0 Å². The normalized spacial score (nSPS) is 16.7. The molecular formula is C46H52O2S2. The zero-order valence-electron chi connectivity index (χ0n) is 30.6. The van der Waals surface area contributed by atoms with E-state index in [0.29, 0.717) is 33.1 Å². The molecule has 0 aromatic heterocycles. The van der Waals surface area contributed by atoms with Gasteiger partial charge in [-0.2, -0.15) is 23.5 Å². The smallest absolute Gasteiger partial charge is 0.135 e. The van der Waals surface area contributed by atoms with Gasteiger partial charge in [0.25, 0.3) is 0 Å². The summed E-state index contributed by atoms with van der Waals surface area (Å²) in [6, 6.07) is 28.4. The molecule has 1 saturated carbocycles. The first kappa shape index (κ1) is 37.6. The van der Waals surface area contributed by atoms with Crippen molar-refractivity contribution >= 4 is 23.5 Å². The number of hydrogen-bond donors (Lipinski definition) is 2. The summed E-state index contributed by atoms with van der Waals surface area (Å²) in [5, 5.41) is 23.9. The van der Waals surface area contributed by atoms with Gasteiger partial charge in [0.05, 0.1) is 11.1 Å².